The van der Waals surface area contributed by atoms with Crippen molar-refractivity contribution in [1.82, 2.24) is 4.90 Å². The molecule has 2 rings (SSSR count). The first-order valence-electron chi connectivity index (χ1n) is 13.8. The van der Waals surface area contributed by atoms with E-state index in [0.717, 1.165) is 42.6 Å². The van der Waals surface area contributed by atoms with Crippen LogP contribution in [0, 0.1) is 0 Å². The number of anilines is 1. The molecule has 2 amide bonds. The van der Waals surface area contributed by atoms with Gasteiger partial charge in [0.1, 0.15) is 5.25 Å². The molecule has 2 aromatic rings. The number of nitrogens with one attached hydrogen (secondary N) is 1. The number of nitrogens with zero attached hydrogens (tertiary/aromatic N) is 1. The molecule has 6 heteroatoms. The molecule has 1 atom stereocenters. The smallest absolute Gasteiger partial charge is 0.321 e. The molecule has 37 heavy (non-hydrogen) atoms. The molecule has 0 saturated heterocycles. The van der Waals surface area contributed by atoms with E-state index < -0.39 is 11.2 Å². The third kappa shape index (κ3) is 11.6. The van der Waals surface area contributed by atoms with E-state index in [9.17, 15) is 14.7 Å². The maximum Gasteiger partial charge on any atom is 0.321 e. The van der Waals surface area contributed by atoms with Crippen LogP contribution in [0.5, 0.6) is 0 Å². The minimum atomic E-state index is -0.762. The normalized spacial score (nSPS) is 12.1. The van der Waals surface area contributed by atoms with Gasteiger partial charge in [-0.1, -0.05) is 96.7 Å². The molecule has 0 aromatic heterocycles. The van der Waals surface area contributed by atoms with Gasteiger partial charge in [-0.3, -0.25) is 4.79 Å². The van der Waals surface area contributed by atoms with Crippen LogP contribution in [-0.2, 0) is 17.6 Å². The van der Waals surface area contributed by atoms with Gasteiger partial charge in [0.15, 0.2) is 0 Å². The summed E-state index contributed by atoms with van der Waals surface area (Å²) in [5.74, 6) is -0.304. The number of carbonyl (C=O) groups is 2. The monoisotopic (exact) mass is 526 g/mol. The Kier molecular flexibility index (Phi) is 13.6. The molecule has 0 saturated carbocycles. The molecule has 0 aliphatic carbocycles. The average Bonchev–Trinajstić information content (AvgIpc) is 2.86. The first-order valence-corrected chi connectivity index (χ1v) is 14.8. The summed E-state index contributed by atoms with van der Waals surface area (Å²) in [4.78, 5) is 26.7. The number of hydrogen-bond acceptors (Lipinski definition) is 3. The predicted octanol–water partition coefficient (Wildman–Crippen LogP) is 7.99. The second-order valence-corrected chi connectivity index (χ2v) is 12.2. The van der Waals surface area contributed by atoms with Crippen molar-refractivity contribution in [3.05, 3.63) is 65.2 Å². The Morgan fingerprint density at radius 2 is 1.49 bits per heavy atom. The summed E-state index contributed by atoms with van der Waals surface area (Å²) < 4.78 is 0. The van der Waals surface area contributed by atoms with Crippen molar-refractivity contribution in [2.24, 2.45) is 0 Å². The molecule has 0 spiro atoms. The van der Waals surface area contributed by atoms with Gasteiger partial charge in [-0.25, -0.2) is 4.79 Å². The van der Waals surface area contributed by atoms with E-state index in [1.165, 1.54) is 36.6 Å². The summed E-state index contributed by atoms with van der Waals surface area (Å²) in [7, 11) is 0. The Morgan fingerprint density at radius 1 is 0.865 bits per heavy atom. The first kappa shape index (κ1) is 30.8. The number of amides is 2. The van der Waals surface area contributed by atoms with Crippen molar-refractivity contribution in [2.45, 2.75) is 96.0 Å². The Morgan fingerprint density at radius 3 is 2.05 bits per heavy atom. The van der Waals surface area contributed by atoms with Crippen LogP contribution in [0.2, 0.25) is 0 Å². The summed E-state index contributed by atoms with van der Waals surface area (Å²) >= 11 is 1.49. The van der Waals surface area contributed by atoms with E-state index in [1.54, 1.807) is 0 Å². The fourth-order valence-corrected chi connectivity index (χ4v) is 5.28. The molecule has 0 heterocycles. The fraction of sp³-hybridized carbons (Fsp3) is 0.548. The Bertz CT molecular complexity index is 942. The second kappa shape index (κ2) is 16.4. The van der Waals surface area contributed by atoms with E-state index >= 15 is 0 Å². The topological polar surface area (TPSA) is 69.6 Å². The Balaban J connectivity index is 1.99. The van der Waals surface area contributed by atoms with Crippen molar-refractivity contribution in [1.29, 1.82) is 0 Å². The van der Waals surface area contributed by atoms with Gasteiger partial charge in [0.25, 0.3) is 0 Å². The van der Waals surface area contributed by atoms with Crippen molar-refractivity contribution in [3.63, 3.8) is 0 Å². The molecule has 2 N–H and O–H groups in total. The molecular weight excluding hydrogens is 480 g/mol. The number of hydrogen-bond donors (Lipinski definition) is 2. The third-order valence-corrected chi connectivity index (χ3v) is 7.71. The van der Waals surface area contributed by atoms with E-state index in [0.29, 0.717) is 18.9 Å². The number of aliphatic carboxylic acids is 1. The van der Waals surface area contributed by atoms with Gasteiger partial charge < -0.3 is 15.3 Å². The van der Waals surface area contributed by atoms with Gasteiger partial charge in [-0.15, -0.1) is 11.8 Å². The Labute approximate surface area is 228 Å². The lowest BCUT2D eigenvalue weighted by Gasteiger charge is -2.23. The highest BCUT2D eigenvalue weighted by molar-refractivity contribution is 8.01. The lowest BCUT2D eigenvalue weighted by molar-refractivity contribution is -0.136. The summed E-state index contributed by atoms with van der Waals surface area (Å²) in [6, 6.07) is 16.2. The van der Waals surface area contributed by atoms with E-state index in [2.05, 4.69) is 50.4 Å². The SMILES string of the molecule is CCCCCCCN(CCc1ccc(CC(SC(C)C)C(=O)O)cc1)C(=O)Nc1ccc(C(C)C)cc1. The second-order valence-electron chi connectivity index (χ2n) is 10.4. The van der Waals surface area contributed by atoms with Crippen LogP contribution in [0.25, 0.3) is 0 Å². The third-order valence-electron chi connectivity index (χ3n) is 6.47. The number of carboxylic acid groups (broad SMARTS) is 1. The van der Waals surface area contributed by atoms with Crippen molar-refractivity contribution < 1.29 is 14.7 Å². The van der Waals surface area contributed by atoms with Crippen LogP contribution in [0.1, 0.15) is 89.3 Å². The summed E-state index contributed by atoms with van der Waals surface area (Å²) in [5.41, 5.74) is 4.26. The van der Waals surface area contributed by atoms with Crippen molar-refractivity contribution in [3.8, 4) is 0 Å². The summed E-state index contributed by atoms with van der Waals surface area (Å²) in [6.45, 7) is 12.0. The number of carboxylic acids is 1. The number of rotatable bonds is 16. The largest absolute Gasteiger partial charge is 0.480 e. The fourth-order valence-electron chi connectivity index (χ4n) is 4.22. The minimum Gasteiger partial charge on any atom is -0.480 e. The number of urea groups is 1. The lowest BCUT2D eigenvalue weighted by Crippen LogP contribution is -2.37. The van der Waals surface area contributed by atoms with Crippen LogP contribution < -0.4 is 5.32 Å². The highest BCUT2D eigenvalue weighted by Gasteiger charge is 2.20. The zero-order valence-corrected chi connectivity index (χ0v) is 24.2. The zero-order chi connectivity index (χ0) is 27.2. The summed E-state index contributed by atoms with van der Waals surface area (Å²) in [5, 5.41) is 12.4. The molecule has 1 unspecified atom stereocenters. The average molecular weight is 527 g/mol. The van der Waals surface area contributed by atoms with Gasteiger partial charge in [0.2, 0.25) is 0 Å². The molecular formula is C31H46N2O3S. The maximum absolute atomic E-state index is 13.2. The standard InChI is InChI=1S/C31H46N2O3S/c1-6-7-8-9-10-20-33(31(36)32-28-17-15-27(16-18-28)23(2)3)21-19-25-11-13-26(14-12-25)22-29(30(34)35)37-24(4)5/h11-18,23-24,29H,6-10,19-22H2,1-5H3,(H,32,36)(H,34,35). The van der Waals surface area contributed by atoms with Gasteiger partial charge in [0.05, 0.1) is 0 Å². The van der Waals surface area contributed by atoms with E-state index in [4.69, 9.17) is 0 Å². The molecule has 0 aliphatic heterocycles. The van der Waals surface area contributed by atoms with E-state index in [1.807, 2.05) is 43.0 Å². The number of thioether (sulfide) groups is 1. The first-order chi connectivity index (χ1) is 17.7. The zero-order valence-electron chi connectivity index (χ0n) is 23.3. The molecule has 5 nitrogen and oxygen atoms in total. The molecule has 204 valence electrons. The Hall–Kier alpha value is -2.47. The summed E-state index contributed by atoms with van der Waals surface area (Å²) in [6.07, 6.45) is 7.06. The van der Waals surface area contributed by atoms with Crippen molar-refractivity contribution >= 4 is 29.4 Å². The number of unbranched alkanes of at least 4 members (excludes halogenated alkanes) is 4. The minimum absolute atomic E-state index is 0.0561. The van der Waals surface area contributed by atoms with E-state index in [-0.39, 0.29) is 11.3 Å². The molecule has 2 aromatic carbocycles. The molecule has 0 bridgehead atoms. The predicted molar refractivity (Wildman–Crippen MR) is 158 cm³/mol. The van der Waals surface area contributed by atoms with Crippen LogP contribution in [0.15, 0.2) is 48.5 Å². The van der Waals surface area contributed by atoms with Gasteiger partial charge >= 0.3 is 12.0 Å². The quantitative estimate of drug-likeness (QED) is 0.217. The van der Waals surface area contributed by atoms with Crippen molar-refractivity contribution in [2.75, 3.05) is 18.4 Å². The van der Waals surface area contributed by atoms with Crippen LogP contribution in [0.4, 0.5) is 10.5 Å². The van der Waals surface area contributed by atoms with Gasteiger partial charge in [-0.2, -0.15) is 0 Å². The molecule has 0 fully saturated rings. The highest BCUT2D eigenvalue weighted by atomic mass is 32.2. The lowest BCUT2D eigenvalue weighted by atomic mass is 10.0. The van der Waals surface area contributed by atoms with Crippen LogP contribution in [0.3, 0.4) is 0 Å². The number of benzene rings is 2. The maximum atomic E-state index is 13.2. The molecule has 0 aliphatic rings. The van der Waals surface area contributed by atoms with Crippen LogP contribution in [-0.4, -0.2) is 45.6 Å². The highest BCUT2D eigenvalue weighted by Crippen LogP contribution is 2.22. The van der Waals surface area contributed by atoms with Crippen LogP contribution >= 0.6 is 11.8 Å². The van der Waals surface area contributed by atoms with Gasteiger partial charge in [-0.05, 0) is 59.3 Å². The number of carbonyl (C=O) groups excluding carboxylic acids is 1. The molecule has 0 radical (unpaired) electrons. The van der Waals surface area contributed by atoms with Gasteiger partial charge in [0, 0.05) is 18.8 Å².